The van der Waals surface area contributed by atoms with Crippen LogP contribution in [0.2, 0.25) is 0 Å². The fourth-order valence-corrected chi connectivity index (χ4v) is 4.19. The van der Waals surface area contributed by atoms with Crippen LogP contribution in [0.15, 0.2) is 54.9 Å². The van der Waals surface area contributed by atoms with Crippen molar-refractivity contribution in [2.75, 3.05) is 5.73 Å². The first-order chi connectivity index (χ1) is 17.2. The van der Waals surface area contributed by atoms with Gasteiger partial charge in [0.05, 0.1) is 11.4 Å². The monoisotopic (exact) mass is 490 g/mol. The lowest BCUT2D eigenvalue weighted by Crippen LogP contribution is -2.46. The molecular formula is C26H27FN6O3. The molecule has 2 aromatic carbocycles. The van der Waals surface area contributed by atoms with Crippen LogP contribution >= 0.6 is 0 Å². The number of halogens is 1. The average molecular weight is 491 g/mol. The summed E-state index contributed by atoms with van der Waals surface area (Å²) in [5.74, 6) is 0.686. The number of ether oxygens (including phenoxy) is 2. The number of rotatable bonds is 5. The molecule has 0 bridgehead atoms. The van der Waals surface area contributed by atoms with Gasteiger partial charge in [-0.25, -0.2) is 23.8 Å². The van der Waals surface area contributed by atoms with Crippen molar-refractivity contribution in [1.82, 2.24) is 25.1 Å². The molecule has 2 aromatic heterocycles. The highest BCUT2D eigenvalue weighted by Crippen LogP contribution is 2.39. The van der Waals surface area contributed by atoms with Gasteiger partial charge in [0.25, 0.3) is 0 Å². The molecule has 0 saturated heterocycles. The standard InChI is InChI=1S/C26H27FN6O3/c1-26(2,3)36-25(34)31-15-11-16(12-15)33-24-21(23(28)29-14-30-24)22(32-33)19-10-9-18(13-20(19)27)35-17-7-5-4-6-8-17/h4-10,13-16H,11-12H2,1-3H3,(H,31,34)(H2,28,29,30)/t15-,16+. The number of nitrogens with one attached hydrogen (secondary N) is 1. The zero-order chi connectivity index (χ0) is 25.4. The molecule has 4 aromatic rings. The third-order valence-electron chi connectivity index (χ3n) is 5.87. The van der Waals surface area contributed by atoms with Gasteiger partial charge in [-0.1, -0.05) is 18.2 Å². The molecule has 0 atom stereocenters. The number of para-hydroxylation sites is 1. The van der Waals surface area contributed by atoms with Crippen LogP contribution < -0.4 is 15.8 Å². The number of hydrogen-bond donors (Lipinski definition) is 2. The molecular weight excluding hydrogens is 463 g/mol. The lowest BCUT2D eigenvalue weighted by atomic mass is 9.87. The second-order valence-electron chi connectivity index (χ2n) is 9.78. The van der Waals surface area contributed by atoms with E-state index in [1.54, 1.807) is 28.9 Å². The molecule has 0 spiro atoms. The van der Waals surface area contributed by atoms with Crippen molar-refractivity contribution in [3.8, 4) is 22.8 Å². The predicted molar refractivity (Wildman–Crippen MR) is 133 cm³/mol. The quantitative estimate of drug-likeness (QED) is 0.393. The highest BCUT2D eigenvalue weighted by atomic mass is 19.1. The molecule has 1 saturated carbocycles. The number of amides is 1. The molecule has 36 heavy (non-hydrogen) atoms. The number of alkyl carbamates (subject to hydrolysis) is 1. The van der Waals surface area contributed by atoms with E-state index in [1.165, 1.54) is 12.4 Å². The van der Waals surface area contributed by atoms with Gasteiger partial charge >= 0.3 is 6.09 Å². The first-order valence-electron chi connectivity index (χ1n) is 11.7. The van der Waals surface area contributed by atoms with E-state index in [2.05, 4.69) is 15.3 Å². The van der Waals surface area contributed by atoms with E-state index in [0.717, 1.165) is 0 Å². The Balaban J connectivity index is 1.40. The number of aromatic nitrogens is 4. The molecule has 0 unspecified atom stereocenters. The van der Waals surface area contributed by atoms with E-state index in [-0.39, 0.29) is 23.5 Å². The fourth-order valence-electron chi connectivity index (χ4n) is 4.19. The molecule has 9 nitrogen and oxygen atoms in total. The average Bonchev–Trinajstić information content (AvgIpc) is 3.16. The van der Waals surface area contributed by atoms with Gasteiger partial charge in [-0.15, -0.1) is 0 Å². The summed E-state index contributed by atoms with van der Waals surface area (Å²) in [5.41, 5.74) is 6.75. The molecule has 3 N–H and O–H groups in total. The number of hydrogen-bond acceptors (Lipinski definition) is 7. The summed E-state index contributed by atoms with van der Waals surface area (Å²) < 4.78 is 28.1. The van der Waals surface area contributed by atoms with Crippen LogP contribution in [0.1, 0.15) is 39.7 Å². The Morgan fingerprint density at radius 1 is 1.11 bits per heavy atom. The van der Waals surface area contributed by atoms with Crippen LogP contribution in [-0.4, -0.2) is 37.5 Å². The SMILES string of the molecule is CC(C)(C)OC(=O)N[C@H]1C[C@@H](n2nc(-c3ccc(Oc4ccccc4)cc3F)c3c(N)ncnc32)C1. The summed E-state index contributed by atoms with van der Waals surface area (Å²) in [6.45, 7) is 5.45. The van der Waals surface area contributed by atoms with Gasteiger partial charge in [-0.05, 0) is 57.9 Å². The molecule has 0 aliphatic heterocycles. The second kappa shape index (κ2) is 9.10. The van der Waals surface area contributed by atoms with Gasteiger partial charge in [0.1, 0.15) is 40.8 Å². The molecule has 1 fully saturated rings. The molecule has 1 amide bonds. The lowest BCUT2D eigenvalue weighted by molar-refractivity contribution is 0.0454. The smallest absolute Gasteiger partial charge is 0.407 e. The largest absolute Gasteiger partial charge is 0.457 e. The van der Waals surface area contributed by atoms with E-state index in [0.29, 0.717) is 41.1 Å². The minimum absolute atomic E-state index is 0.0424. The second-order valence-corrected chi connectivity index (χ2v) is 9.78. The van der Waals surface area contributed by atoms with E-state index in [1.807, 2.05) is 39.0 Å². The third kappa shape index (κ3) is 4.79. The highest BCUT2D eigenvalue weighted by molar-refractivity contribution is 5.98. The maximum absolute atomic E-state index is 15.3. The molecule has 0 radical (unpaired) electrons. The first kappa shape index (κ1) is 23.5. The Kier molecular flexibility index (Phi) is 5.95. The van der Waals surface area contributed by atoms with Crippen molar-refractivity contribution in [3.05, 3.63) is 60.7 Å². The van der Waals surface area contributed by atoms with Crippen molar-refractivity contribution < 1.29 is 18.7 Å². The van der Waals surface area contributed by atoms with Gasteiger partial charge < -0.3 is 20.5 Å². The van der Waals surface area contributed by atoms with Crippen molar-refractivity contribution in [2.24, 2.45) is 0 Å². The highest BCUT2D eigenvalue weighted by Gasteiger charge is 2.35. The van der Waals surface area contributed by atoms with E-state index < -0.39 is 17.5 Å². The molecule has 5 rings (SSSR count). The van der Waals surface area contributed by atoms with Gasteiger partial charge in [-0.2, -0.15) is 5.10 Å². The number of benzene rings is 2. The molecule has 10 heteroatoms. The maximum Gasteiger partial charge on any atom is 0.407 e. The van der Waals surface area contributed by atoms with E-state index in [4.69, 9.17) is 20.3 Å². The zero-order valence-corrected chi connectivity index (χ0v) is 20.2. The number of carbonyl (C=O) groups excluding carboxylic acids is 1. The topological polar surface area (TPSA) is 117 Å². The van der Waals surface area contributed by atoms with Crippen LogP contribution in [0.3, 0.4) is 0 Å². The number of carbonyl (C=O) groups is 1. The van der Waals surface area contributed by atoms with Gasteiger partial charge in [0.2, 0.25) is 0 Å². The summed E-state index contributed by atoms with van der Waals surface area (Å²) in [5, 5.41) is 8.05. The van der Waals surface area contributed by atoms with Crippen LogP contribution in [0, 0.1) is 5.82 Å². The predicted octanol–water partition coefficient (Wildman–Crippen LogP) is 5.24. The summed E-state index contributed by atoms with van der Waals surface area (Å²) in [4.78, 5) is 20.6. The van der Waals surface area contributed by atoms with E-state index >= 15 is 4.39 Å². The van der Waals surface area contributed by atoms with Crippen molar-refractivity contribution in [3.63, 3.8) is 0 Å². The number of fused-ring (bicyclic) bond motifs is 1. The minimum atomic E-state index is -0.569. The maximum atomic E-state index is 15.3. The van der Waals surface area contributed by atoms with Crippen molar-refractivity contribution in [1.29, 1.82) is 0 Å². The number of nitrogens with two attached hydrogens (primary N) is 1. The number of anilines is 1. The van der Waals surface area contributed by atoms with Crippen molar-refractivity contribution in [2.45, 2.75) is 51.3 Å². The third-order valence-corrected chi connectivity index (χ3v) is 5.87. The Morgan fingerprint density at radius 3 is 2.56 bits per heavy atom. The van der Waals surface area contributed by atoms with E-state index in [9.17, 15) is 4.79 Å². The minimum Gasteiger partial charge on any atom is -0.457 e. The van der Waals surface area contributed by atoms with Gasteiger partial charge in [0, 0.05) is 17.7 Å². The Labute approximate surface area is 207 Å². The summed E-state index contributed by atoms with van der Waals surface area (Å²) in [7, 11) is 0. The van der Waals surface area contributed by atoms with Gasteiger partial charge in [-0.3, -0.25) is 0 Å². The summed E-state index contributed by atoms with van der Waals surface area (Å²) in [6.07, 6.45) is 2.17. The lowest BCUT2D eigenvalue weighted by Gasteiger charge is -2.36. The number of nitrogens with zero attached hydrogens (tertiary/aromatic N) is 4. The zero-order valence-electron chi connectivity index (χ0n) is 20.2. The normalized spacial score (nSPS) is 17.4. The van der Waals surface area contributed by atoms with Crippen molar-refractivity contribution >= 4 is 22.9 Å². The van der Waals surface area contributed by atoms with Crippen LogP contribution in [0.4, 0.5) is 15.0 Å². The summed E-state index contributed by atoms with van der Waals surface area (Å²) >= 11 is 0. The van der Waals surface area contributed by atoms with Gasteiger partial charge in [0.15, 0.2) is 5.65 Å². The Hall–Kier alpha value is -4.21. The summed E-state index contributed by atoms with van der Waals surface area (Å²) in [6, 6.07) is 13.7. The fraction of sp³-hybridized carbons (Fsp3) is 0.308. The molecule has 1 aliphatic carbocycles. The molecule has 186 valence electrons. The first-order valence-corrected chi connectivity index (χ1v) is 11.7. The Morgan fingerprint density at radius 2 is 1.86 bits per heavy atom. The molecule has 2 heterocycles. The van der Waals surface area contributed by atoms with Crippen LogP contribution in [-0.2, 0) is 4.74 Å². The van der Waals surface area contributed by atoms with Crippen LogP contribution in [0.5, 0.6) is 11.5 Å². The molecule has 1 aliphatic rings. The Bertz CT molecular complexity index is 1410. The number of nitrogen functional groups attached to an aromatic ring is 1. The van der Waals surface area contributed by atoms with Crippen LogP contribution in [0.25, 0.3) is 22.3 Å².